The van der Waals surface area contributed by atoms with Crippen LogP contribution in [0.4, 0.5) is 0 Å². The summed E-state index contributed by atoms with van der Waals surface area (Å²) in [7, 11) is -0.912. The summed E-state index contributed by atoms with van der Waals surface area (Å²) < 4.78 is 30.4. The quantitative estimate of drug-likeness (QED) is 0.778. The number of hydrogen-bond acceptors (Lipinski definition) is 5. The monoisotopic (exact) mass is 345 g/mol. The van der Waals surface area contributed by atoms with Crippen LogP contribution in [0.15, 0.2) is 23.1 Å². The van der Waals surface area contributed by atoms with Gasteiger partial charge in [-0.3, -0.25) is 4.79 Å². The van der Waals surface area contributed by atoms with Gasteiger partial charge >= 0.3 is 5.97 Å². The molecule has 120 valence electrons. The van der Waals surface area contributed by atoms with Crippen LogP contribution >= 0.6 is 11.6 Å². The number of carbonyl (C=O) groups is 2. The van der Waals surface area contributed by atoms with Crippen molar-refractivity contribution in [3.8, 4) is 0 Å². The van der Waals surface area contributed by atoms with Crippen molar-refractivity contribution in [2.45, 2.75) is 30.3 Å². The Hall–Kier alpha value is -1.44. The molecule has 0 aromatic heterocycles. The maximum atomic E-state index is 12.1. The second-order valence-corrected chi connectivity index (χ2v) is 7.74. The van der Waals surface area contributed by atoms with Gasteiger partial charge in [-0.1, -0.05) is 11.6 Å². The van der Waals surface area contributed by atoms with Gasteiger partial charge in [0.05, 0.1) is 15.5 Å². The third-order valence-corrected chi connectivity index (χ3v) is 5.57. The molecule has 0 unspecified atom stereocenters. The first kappa shape index (κ1) is 16.9. The van der Waals surface area contributed by atoms with E-state index in [0.717, 1.165) is 4.31 Å². The maximum Gasteiger partial charge on any atom is 0.340 e. The number of carbonyl (C=O) groups excluding carboxylic acids is 2. The van der Waals surface area contributed by atoms with Crippen LogP contribution in [-0.2, 0) is 19.6 Å². The van der Waals surface area contributed by atoms with E-state index in [4.69, 9.17) is 16.3 Å². The van der Waals surface area contributed by atoms with E-state index in [2.05, 4.69) is 0 Å². The Kier molecular flexibility index (Phi) is 4.89. The molecule has 0 aliphatic heterocycles. The van der Waals surface area contributed by atoms with Crippen LogP contribution in [0.3, 0.4) is 0 Å². The van der Waals surface area contributed by atoms with Crippen LogP contribution in [0.5, 0.6) is 0 Å². The lowest BCUT2D eigenvalue weighted by Crippen LogP contribution is -2.24. The molecular formula is C14H16ClNO5S. The number of hydrogen-bond donors (Lipinski definition) is 0. The van der Waals surface area contributed by atoms with E-state index in [1.54, 1.807) is 0 Å². The van der Waals surface area contributed by atoms with Crippen molar-refractivity contribution in [2.75, 3.05) is 14.1 Å². The molecule has 1 aliphatic rings. The third kappa shape index (κ3) is 3.31. The lowest BCUT2D eigenvalue weighted by molar-refractivity contribution is -0.124. The largest absolute Gasteiger partial charge is 0.451 e. The molecule has 1 aliphatic carbocycles. The van der Waals surface area contributed by atoms with E-state index in [-0.39, 0.29) is 21.3 Å². The highest BCUT2D eigenvalue weighted by Gasteiger charge is 2.29. The van der Waals surface area contributed by atoms with Gasteiger partial charge in [0.2, 0.25) is 10.0 Å². The fraction of sp³-hybridized carbons (Fsp3) is 0.429. The number of ether oxygens (including phenoxy) is 1. The van der Waals surface area contributed by atoms with Crippen molar-refractivity contribution in [3.05, 3.63) is 28.8 Å². The highest BCUT2D eigenvalue weighted by Crippen LogP contribution is 2.25. The van der Waals surface area contributed by atoms with Crippen molar-refractivity contribution < 1.29 is 22.7 Å². The number of esters is 1. The zero-order chi connectivity index (χ0) is 16.5. The first-order valence-electron chi connectivity index (χ1n) is 6.69. The number of nitrogens with zero attached hydrogens (tertiary/aromatic N) is 1. The maximum absolute atomic E-state index is 12.1. The molecule has 0 spiro atoms. The first-order valence-corrected chi connectivity index (χ1v) is 8.51. The van der Waals surface area contributed by atoms with Crippen molar-refractivity contribution in [2.24, 2.45) is 0 Å². The van der Waals surface area contributed by atoms with Crippen LogP contribution in [0.2, 0.25) is 5.02 Å². The topological polar surface area (TPSA) is 80.8 Å². The zero-order valence-corrected chi connectivity index (χ0v) is 13.8. The Morgan fingerprint density at radius 3 is 2.59 bits per heavy atom. The van der Waals surface area contributed by atoms with Gasteiger partial charge in [0, 0.05) is 20.5 Å². The summed E-state index contributed by atoms with van der Waals surface area (Å²) in [6, 6.07) is 3.81. The molecule has 0 bridgehead atoms. The lowest BCUT2D eigenvalue weighted by Gasteiger charge is -2.14. The molecule has 0 saturated heterocycles. The first-order chi connectivity index (χ1) is 10.2. The Bertz CT molecular complexity index is 714. The zero-order valence-electron chi connectivity index (χ0n) is 12.2. The predicted octanol–water partition coefficient (Wildman–Crippen LogP) is 1.87. The van der Waals surface area contributed by atoms with E-state index >= 15 is 0 Å². The summed E-state index contributed by atoms with van der Waals surface area (Å²) in [5.74, 6) is -0.914. The summed E-state index contributed by atoms with van der Waals surface area (Å²) in [6.45, 7) is 0. The Balaban J connectivity index is 2.31. The molecule has 6 nitrogen and oxygen atoms in total. The van der Waals surface area contributed by atoms with E-state index in [9.17, 15) is 18.0 Å². The minimum atomic E-state index is -3.69. The van der Waals surface area contributed by atoms with Crippen LogP contribution in [0.1, 0.15) is 29.6 Å². The number of benzene rings is 1. The van der Waals surface area contributed by atoms with Gasteiger partial charge in [-0.05, 0) is 31.0 Å². The molecule has 0 radical (unpaired) electrons. The van der Waals surface area contributed by atoms with Gasteiger partial charge in [0.25, 0.3) is 0 Å². The van der Waals surface area contributed by atoms with E-state index < -0.39 is 22.1 Å². The second-order valence-electron chi connectivity index (χ2n) is 5.18. The van der Waals surface area contributed by atoms with E-state index in [1.165, 1.54) is 32.3 Å². The summed E-state index contributed by atoms with van der Waals surface area (Å²) in [5, 5.41) is 0.0770. The summed E-state index contributed by atoms with van der Waals surface area (Å²) in [5.41, 5.74) is -0.0655. The van der Waals surface area contributed by atoms with Gasteiger partial charge in [-0.15, -0.1) is 0 Å². The Morgan fingerprint density at radius 2 is 2.05 bits per heavy atom. The molecule has 0 N–H and O–H groups in total. The third-order valence-electron chi connectivity index (χ3n) is 3.43. The number of Topliss-reactive ketones (excluding diaryl/α,β-unsaturated/α-hetero) is 1. The molecule has 8 heteroatoms. The molecule has 0 heterocycles. The highest BCUT2D eigenvalue weighted by molar-refractivity contribution is 7.89. The Morgan fingerprint density at radius 1 is 1.36 bits per heavy atom. The van der Waals surface area contributed by atoms with Crippen molar-refractivity contribution in [3.63, 3.8) is 0 Å². The summed E-state index contributed by atoms with van der Waals surface area (Å²) in [6.07, 6.45) is 0.788. The van der Waals surface area contributed by atoms with Crippen LogP contribution in [0, 0.1) is 0 Å². The molecule has 22 heavy (non-hydrogen) atoms. The van der Waals surface area contributed by atoms with Crippen LogP contribution in [-0.4, -0.2) is 44.7 Å². The van der Waals surface area contributed by atoms with Crippen LogP contribution in [0.25, 0.3) is 0 Å². The average molecular weight is 346 g/mol. The fourth-order valence-electron chi connectivity index (χ4n) is 2.13. The lowest BCUT2D eigenvalue weighted by atomic mass is 10.2. The molecule has 1 atom stereocenters. The number of halogens is 1. The molecular weight excluding hydrogens is 330 g/mol. The normalized spacial score (nSPS) is 18.7. The van der Waals surface area contributed by atoms with Gasteiger partial charge in [-0.2, -0.15) is 0 Å². The number of rotatable bonds is 4. The standard InChI is InChI=1S/C14H16ClNO5S/c1-16(2)22(19,20)9-6-7-11(15)10(8-9)14(18)21-13-5-3-4-12(13)17/h6-8,13H,3-5H2,1-2H3/t13-/m1/s1. The fourth-order valence-corrected chi connectivity index (χ4v) is 3.26. The second kappa shape index (κ2) is 6.36. The molecule has 0 amide bonds. The molecule has 1 fully saturated rings. The predicted molar refractivity (Wildman–Crippen MR) is 80.4 cm³/mol. The smallest absolute Gasteiger partial charge is 0.340 e. The van der Waals surface area contributed by atoms with Gasteiger partial charge < -0.3 is 4.74 Å². The molecule has 1 saturated carbocycles. The van der Waals surface area contributed by atoms with Crippen molar-refractivity contribution in [1.82, 2.24) is 4.31 Å². The number of sulfonamides is 1. The Labute approximate surface area is 134 Å². The van der Waals surface area contributed by atoms with E-state index in [1.807, 2.05) is 0 Å². The van der Waals surface area contributed by atoms with Gasteiger partial charge in [0.15, 0.2) is 11.9 Å². The van der Waals surface area contributed by atoms with E-state index in [0.29, 0.717) is 19.3 Å². The van der Waals surface area contributed by atoms with Crippen LogP contribution < -0.4 is 0 Å². The minimum absolute atomic E-state index is 0.0633. The molecule has 1 aromatic rings. The number of ketones is 1. The van der Waals surface area contributed by atoms with Gasteiger partial charge in [-0.25, -0.2) is 17.5 Å². The average Bonchev–Trinajstić information content (AvgIpc) is 2.84. The SMILES string of the molecule is CN(C)S(=O)(=O)c1ccc(Cl)c(C(=O)O[C@@H]2CCCC2=O)c1. The van der Waals surface area contributed by atoms with Crippen molar-refractivity contribution >= 4 is 33.4 Å². The van der Waals surface area contributed by atoms with Crippen molar-refractivity contribution in [1.29, 1.82) is 0 Å². The van der Waals surface area contributed by atoms with Gasteiger partial charge in [0.1, 0.15) is 0 Å². The molecule has 1 aromatic carbocycles. The summed E-state index contributed by atoms with van der Waals surface area (Å²) >= 11 is 5.95. The molecule has 2 rings (SSSR count). The summed E-state index contributed by atoms with van der Waals surface area (Å²) in [4.78, 5) is 23.6. The minimum Gasteiger partial charge on any atom is -0.451 e. The highest BCUT2D eigenvalue weighted by atomic mass is 35.5.